The lowest BCUT2D eigenvalue weighted by Crippen LogP contribution is -2.40. The van der Waals surface area contributed by atoms with Crippen LogP contribution in [0.2, 0.25) is 10.0 Å². The average Bonchev–Trinajstić information content (AvgIpc) is 3.12. The minimum absolute atomic E-state index is 0.0230. The Morgan fingerprint density at radius 3 is 2.91 bits per heavy atom. The zero-order valence-electron chi connectivity index (χ0n) is 12.6. The Morgan fingerprint density at radius 1 is 1.41 bits per heavy atom. The lowest BCUT2D eigenvalue weighted by Gasteiger charge is -2.25. The largest absolute Gasteiger partial charge is 0.479 e. The van der Waals surface area contributed by atoms with Gasteiger partial charge in [-0.15, -0.1) is 0 Å². The topological polar surface area (TPSA) is 41.6 Å². The highest BCUT2D eigenvalue weighted by Crippen LogP contribution is 2.36. The van der Waals surface area contributed by atoms with Crippen LogP contribution in [0.15, 0.2) is 18.2 Å². The van der Waals surface area contributed by atoms with Gasteiger partial charge >= 0.3 is 0 Å². The Morgan fingerprint density at radius 2 is 2.23 bits per heavy atom. The molecule has 1 N–H and O–H groups in total. The van der Waals surface area contributed by atoms with Crippen molar-refractivity contribution in [1.29, 1.82) is 0 Å². The molecular weight excluding hydrogens is 323 g/mol. The molecule has 2 saturated heterocycles. The molecule has 0 aromatic heterocycles. The maximum atomic E-state index is 12.6. The summed E-state index contributed by atoms with van der Waals surface area (Å²) in [7, 11) is 0. The van der Waals surface area contributed by atoms with Gasteiger partial charge in [0.05, 0.1) is 5.02 Å². The van der Waals surface area contributed by atoms with Gasteiger partial charge in [0.15, 0.2) is 6.10 Å². The molecule has 2 unspecified atom stereocenters. The molecule has 6 heteroatoms. The van der Waals surface area contributed by atoms with Crippen LogP contribution in [0.3, 0.4) is 0 Å². The maximum Gasteiger partial charge on any atom is 0.263 e. The Labute approximate surface area is 140 Å². The Balaban J connectivity index is 1.62. The van der Waals surface area contributed by atoms with Gasteiger partial charge in [0, 0.05) is 30.1 Å². The van der Waals surface area contributed by atoms with Crippen molar-refractivity contribution in [2.45, 2.75) is 25.9 Å². The number of amides is 1. The first-order chi connectivity index (χ1) is 10.5. The molecule has 0 aliphatic carbocycles. The smallest absolute Gasteiger partial charge is 0.263 e. The van der Waals surface area contributed by atoms with Crippen LogP contribution >= 0.6 is 23.2 Å². The Kier molecular flexibility index (Phi) is 4.53. The number of likely N-dealkylation sites (tertiary alicyclic amines) is 1. The van der Waals surface area contributed by atoms with Crippen LogP contribution in [0.5, 0.6) is 5.75 Å². The maximum absolute atomic E-state index is 12.6. The number of hydrogen-bond donors (Lipinski definition) is 1. The van der Waals surface area contributed by atoms with Gasteiger partial charge < -0.3 is 15.0 Å². The van der Waals surface area contributed by atoms with Gasteiger partial charge in [-0.2, -0.15) is 0 Å². The number of nitrogens with zero attached hydrogens (tertiary/aromatic N) is 1. The molecule has 2 aliphatic heterocycles. The Hall–Kier alpha value is -0.970. The van der Waals surface area contributed by atoms with Gasteiger partial charge in [0.2, 0.25) is 0 Å². The molecule has 1 aromatic carbocycles. The van der Waals surface area contributed by atoms with Crippen LogP contribution in [0.25, 0.3) is 0 Å². The SMILES string of the molecule is CC(Oc1ccc(Cl)cc1Cl)C(=O)N1CCC2(CCNC2)C1. The van der Waals surface area contributed by atoms with E-state index >= 15 is 0 Å². The molecule has 2 fully saturated rings. The van der Waals surface area contributed by atoms with E-state index < -0.39 is 6.10 Å². The van der Waals surface area contributed by atoms with Crippen molar-refractivity contribution in [1.82, 2.24) is 10.2 Å². The third kappa shape index (κ3) is 3.19. The summed E-state index contributed by atoms with van der Waals surface area (Å²) < 4.78 is 5.73. The van der Waals surface area contributed by atoms with E-state index in [2.05, 4.69) is 5.32 Å². The van der Waals surface area contributed by atoms with Crippen molar-refractivity contribution in [3.63, 3.8) is 0 Å². The summed E-state index contributed by atoms with van der Waals surface area (Å²) in [5.41, 5.74) is 0.271. The zero-order valence-corrected chi connectivity index (χ0v) is 14.1. The first-order valence-electron chi connectivity index (χ1n) is 7.60. The van der Waals surface area contributed by atoms with Crippen LogP contribution in [0, 0.1) is 5.41 Å². The monoisotopic (exact) mass is 342 g/mol. The fourth-order valence-corrected chi connectivity index (χ4v) is 3.79. The molecule has 0 saturated carbocycles. The average molecular weight is 343 g/mol. The number of carbonyl (C=O) groups excluding carboxylic acids is 1. The molecule has 4 nitrogen and oxygen atoms in total. The predicted molar refractivity (Wildman–Crippen MR) is 87.7 cm³/mol. The van der Waals surface area contributed by atoms with Crippen molar-refractivity contribution in [3.05, 3.63) is 28.2 Å². The van der Waals surface area contributed by atoms with Crippen molar-refractivity contribution in [2.75, 3.05) is 26.2 Å². The molecule has 1 spiro atoms. The second-order valence-corrected chi connectivity index (χ2v) is 7.12. The lowest BCUT2D eigenvalue weighted by atomic mass is 9.86. The van der Waals surface area contributed by atoms with Crippen LogP contribution < -0.4 is 10.1 Å². The van der Waals surface area contributed by atoms with E-state index in [1.165, 1.54) is 0 Å². The number of rotatable bonds is 3. The van der Waals surface area contributed by atoms with Gasteiger partial charge in [0.25, 0.3) is 5.91 Å². The standard InChI is InChI=1S/C16H20Cl2N2O2/c1-11(22-14-3-2-12(17)8-13(14)18)15(21)20-7-5-16(10-20)4-6-19-9-16/h2-3,8,11,19H,4-7,9-10H2,1H3. The second-order valence-electron chi connectivity index (χ2n) is 6.27. The number of carbonyl (C=O) groups is 1. The van der Waals surface area contributed by atoms with Crippen molar-refractivity contribution in [2.24, 2.45) is 5.41 Å². The lowest BCUT2D eigenvalue weighted by molar-refractivity contribution is -0.137. The third-order valence-corrected chi connectivity index (χ3v) is 5.16. The molecule has 2 heterocycles. The quantitative estimate of drug-likeness (QED) is 0.918. The Bertz CT molecular complexity index is 573. The molecule has 0 radical (unpaired) electrons. The fraction of sp³-hybridized carbons (Fsp3) is 0.562. The fourth-order valence-electron chi connectivity index (χ4n) is 3.34. The molecule has 2 atom stereocenters. The summed E-state index contributed by atoms with van der Waals surface area (Å²) in [6.07, 6.45) is 1.66. The molecule has 2 aliphatic rings. The summed E-state index contributed by atoms with van der Waals surface area (Å²) in [5.74, 6) is 0.512. The van der Waals surface area contributed by atoms with Gasteiger partial charge in [-0.1, -0.05) is 23.2 Å². The zero-order chi connectivity index (χ0) is 15.7. The summed E-state index contributed by atoms with van der Waals surface area (Å²) in [6.45, 7) is 5.46. The minimum Gasteiger partial charge on any atom is -0.479 e. The molecule has 120 valence electrons. The minimum atomic E-state index is -0.553. The van der Waals surface area contributed by atoms with Crippen LogP contribution in [0.1, 0.15) is 19.8 Å². The number of benzene rings is 1. The summed E-state index contributed by atoms with van der Waals surface area (Å²) in [4.78, 5) is 14.5. The predicted octanol–water partition coefficient (Wildman–Crippen LogP) is 2.97. The van der Waals surface area contributed by atoms with E-state index in [1.54, 1.807) is 25.1 Å². The third-order valence-electron chi connectivity index (χ3n) is 4.63. The van der Waals surface area contributed by atoms with E-state index in [1.807, 2.05) is 4.90 Å². The van der Waals surface area contributed by atoms with Crippen molar-refractivity contribution in [3.8, 4) is 5.75 Å². The normalized spacial score (nSPS) is 25.7. The van der Waals surface area contributed by atoms with Gasteiger partial charge in [-0.3, -0.25) is 4.79 Å². The molecule has 3 rings (SSSR count). The number of hydrogen-bond acceptors (Lipinski definition) is 3. The number of halogens is 2. The second kappa shape index (κ2) is 6.26. The van der Waals surface area contributed by atoms with Crippen molar-refractivity contribution < 1.29 is 9.53 Å². The number of ether oxygens (including phenoxy) is 1. The molecule has 1 aromatic rings. The first kappa shape index (κ1) is 15.9. The van der Waals surface area contributed by atoms with Gasteiger partial charge in [-0.25, -0.2) is 0 Å². The van der Waals surface area contributed by atoms with E-state index in [-0.39, 0.29) is 11.3 Å². The summed E-state index contributed by atoms with van der Waals surface area (Å²) in [5, 5.41) is 4.37. The first-order valence-corrected chi connectivity index (χ1v) is 8.36. The highest BCUT2D eigenvalue weighted by Gasteiger charge is 2.42. The van der Waals surface area contributed by atoms with Crippen LogP contribution in [0.4, 0.5) is 0 Å². The van der Waals surface area contributed by atoms with E-state index in [4.69, 9.17) is 27.9 Å². The van der Waals surface area contributed by atoms with Gasteiger partial charge in [0.1, 0.15) is 5.75 Å². The highest BCUT2D eigenvalue weighted by molar-refractivity contribution is 6.35. The molecule has 22 heavy (non-hydrogen) atoms. The number of nitrogens with one attached hydrogen (secondary N) is 1. The summed E-state index contributed by atoms with van der Waals surface area (Å²) >= 11 is 12.0. The van der Waals surface area contributed by atoms with Gasteiger partial charge in [-0.05, 0) is 44.5 Å². The van der Waals surface area contributed by atoms with Crippen LogP contribution in [-0.2, 0) is 4.79 Å². The van der Waals surface area contributed by atoms with E-state index in [0.29, 0.717) is 15.8 Å². The van der Waals surface area contributed by atoms with E-state index in [0.717, 1.165) is 39.0 Å². The van der Waals surface area contributed by atoms with Crippen LogP contribution in [-0.4, -0.2) is 43.1 Å². The highest BCUT2D eigenvalue weighted by atomic mass is 35.5. The summed E-state index contributed by atoms with van der Waals surface area (Å²) in [6, 6.07) is 5.01. The molecule has 0 bridgehead atoms. The molecule has 1 amide bonds. The van der Waals surface area contributed by atoms with E-state index in [9.17, 15) is 4.79 Å². The molecular formula is C16H20Cl2N2O2. The van der Waals surface area contributed by atoms with Crippen molar-refractivity contribution >= 4 is 29.1 Å².